The Morgan fingerprint density at radius 2 is 1.51 bits per heavy atom. The number of ether oxygens (including phenoxy) is 1. The Bertz CT molecular complexity index is 1080. The van der Waals surface area contributed by atoms with Gasteiger partial charge in [-0.1, -0.05) is 25.7 Å². The van der Waals surface area contributed by atoms with Gasteiger partial charge in [0, 0.05) is 35.5 Å². The third-order valence-corrected chi connectivity index (χ3v) is 5.33. The van der Waals surface area contributed by atoms with E-state index in [9.17, 15) is 40.7 Å². The minimum Gasteiger partial charge on any atom is -0.469 e. The van der Waals surface area contributed by atoms with Crippen LogP contribution in [0.15, 0.2) is 29.1 Å². The van der Waals surface area contributed by atoms with Crippen LogP contribution in [0.2, 0.25) is 0 Å². The number of esters is 1. The molecule has 0 saturated heterocycles. The smallest absolute Gasteiger partial charge is 0.417 e. The third kappa shape index (κ3) is 8.91. The molecule has 0 aliphatic heterocycles. The number of fused-ring (bicyclic) bond motifs is 1. The number of H-pyrrole nitrogens is 1. The molecule has 1 amide bonds. The van der Waals surface area contributed by atoms with Crippen molar-refractivity contribution in [3.63, 3.8) is 0 Å². The predicted octanol–water partition coefficient (Wildman–Crippen LogP) is 5.74. The molecule has 1 N–H and O–H groups in total. The molecule has 2 aromatic rings. The summed E-state index contributed by atoms with van der Waals surface area (Å²) in [7, 11) is 1.30. The maximum atomic E-state index is 13.4. The van der Waals surface area contributed by atoms with E-state index < -0.39 is 41.3 Å². The molecule has 0 aliphatic carbocycles. The molecule has 0 radical (unpaired) electrons. The Labute approximate surface area is 197 Å². The lowest BCUT2D eigenvalue weighted by atomic mass is 10.1. The lowest BCUT2D eigenvalue weighted by molar-refractivity contribution is -0.140. The number of carbonyl (C=O) groups is 2. The number of pyridine rings is 1. The first-order chi connectivity index (χ1) is 16.3. The molecule has 1 heterocycles. The van der Waals surface area contributed by atoms with Crippen LogP contribution in [0.1, 0.15) is 56.9 Å². The monoisotopic (exact) mass is 508 g/mol. The zero-order valence-corrected chi connectivity index (χ0v) is 19.0. The Morgan fingerprint density at radius 1 is 0.914 bits per heavy atom. The largest absolute Gasteiger partial charge is 0.469 e. The van der Waals surface area contributed by atoms with Crippen LogP contribution in [-0.2, 0) is 20.5 Å². The second-order valence-corrected chi connectivity index (χ2v) is 8.07. The number of halogens is 6. The molecule has 0 atom stereocenters. The summed E-state index contributed by atoms with van der Waals surface area (Å²) < 4.78 is 84.3. The van der Waals surface area contributed by atoms with Gasteiger partial charge in [-0.3, -0.25) is 14.4 Å². The number of alkyl halides is 6. The number of nitrogens with zero attached hydrogens (tertiary/aromatic N) is 1. The molecule has 0 unspecified atom stereocenters. The highest BCUT2D eigenvalue weighted by molar-refractivity contribution is 5.96. The maximum absolute atomic E-state index is 13.4. The fourth-order valence-corrected chi connectivity index (χ4v) is 3.64. The fourth-order valence-electron chi connectivity index (χ4n) is 3.64. The molecule has 0 saturated carbocycles. The summed E-state index contributed by atoms with van der Waals surface area (Å²) in [5, 5.41) is -0.512. The molecule has 0 fully saturated rings. The molecule has 35 heavy (non-hydrogen) atoms. The van der Waals surface area contributed by atoms with Crippen LogP contribution in [0.3, 0.4) is 0 Å². The summed E-state index contributed by atoms with van der Waals surface area (Å²) in [6.07, 6.45) is -5.82. The van der Waals surface area contributed by atoms with Gasteiger partial charge in [0.15, 0.2) is 0 Å². The molecule has 2 rings (SSSR count). The number of hydrogen-bond donors (Lipinski definition) is 1. The van der Waals surface area contributed by atoms with E-state index >= 15 is 0 Å². The second-order valence-electron chi connectivity index (χ2n) is 8.07. The van der Waals surface area contributed by atoms with Gasteiger partial charge in [-0.25, -0.2) is 0 Å². The van der Waals surface area contributed by atoms with Crippen molar-refractivity contribution in [2.75, 3.05) is 18.6 Å². The van der Waals surface area contributed by atoms with Gasteiger partial charge in [0.1, 0.15) is 6.54 Å². The van der Waals surface area contributed by atoms with Crippen molar-refractivity contribution in [2.45, 2.75) is 63.7 Å². The Balaban J connectivity index is 2.11. The number of rotatable bonds is 11. The third-order valence-electron chi connectivity index (χ3n) is 5.33. The van der Waals surface area contributed by atoms with Gasteiger partial charge in [-0.15, -0.1) is 0 Å². The Kier molecular flexibility index (Phi) is 9.73. The first-order valence-electron chi connectivity index (χ1n) is 11.0. The van der Waals surface area contributed by atoms with Crippen LogP contribution < -0.4 is 10.5 Å². The van der Waals surface area contributed by atoms with Crippen molar-refractivity contribution in [1.29, 1.82) is 0 Å². The van der Waals surface area contributed by atoms with Crippen LogP contribution in [0.4, 0.5) is 32.0 Å². The number of benzene rings is 1. The normalized spacial score (nSPS) is 12.1. The number of aromatic nitrogens is 1. The van der Waals surface area contributed by atoms with Gasteiger partial charge in [0.2, 0.25) is 11.5 Å². The van der Waals surface area contributed by atoms with Gasteiger partial charge in [0.25, 0.3) is 0 Å². The lowest BCUT2D eigenvalue weighted by Gasteiger charge is -2.25. The Morgan fingerprint density at radius 3 is 2.09 bits per heavy atom. The van der Waals surface area contributed by atoms with Crippen molar-refractivity contribution in [3.05, 3.63) is 40.2 Å². The van der Waals surface area contributed by atoms with E-state index in [2.05, 4.69) is 9.72 Å². The molecule has 194 valence electrons. The highest BCUT2D eigenvalue weighted by atomic mass is 19.4. The molecule has 0 bridgehead atoms. The topological polar surface area (TPSA) is 79.5 Å². The number of nitrogens with one attached hydrogen (secondary N) is 1. The average molecular weight is 508 g/mol. The second kappa shape index (κ2) is 12.1. The van der Waals surface area contributed by atoms with E-state index in [0.29, 0.717) is 43.1 Å². The summed E-state index contributed by atoms with van der Waals surface area (Å²) in [6, 6.07) is 3.28. The summed E-state index contributed by atoms with van der Waals surface area (Å²) in [6.45, 7) is -1.66. The molecule has 0 spiro atoms. The van der Waals surface area contributed by atoms with Gasteiger partial charge in [-0.05, 0) is 31.0 Å². The first-order valence-corrected chi connectivity index (χ1v) is 11.0. The summed E-state index contributed by atoms with van der Waals surface area (Å²) in [4.78, 5) is 37.9. The minimum atomic E-state index is -4.92. The van der Waals surface area contributed by atoms with Gasteiger partial charge >= 0.3 is 18.3 Å². The number of unbranched alkanes of at least 4 members (excludes halogenated alkanes) is 5. The van der Waals surface area contributed by atoms with E-state index in [0.717, 1.165) is 31.0 Å². The zero-order valence-electron chi connectivity index (χ0n) is 19.0. The zero-order chi connectivity index (χ0) is 26.2. The van der Waals surface area contributed by atoms with E-state index in [1.807, 2.05) is 0 Å². The van der Waals surface area contributed by atoms with Crippen LogP contribution in [0.25, 0.3) is 10.9 Å². The highest BCUT2D eigenvalue weighted by Crippen LogP contribution is 2.35. The van der Waals surface area contributed by atoms with Crippen molar-refractivity contribution >= 4 is 28.5 Å². The van der Waals surface area contributed by atoms with E-state index in [1.54, 1.807) is 0 Å². The van der Waals surface area contributed by atoms with Crippen molar-refractivity contribution in [1.82, 2.24) is 4.98 Å². The molecular weight excluding hydrogens is 482 g/mol. The van der Waals surface area contributed by atoms with Gasteiger partial charge in [0.05, 0.1) is 12.7 Å². The van der Waals surface area contributed by atoms with E-state index in [-0.39, 0.29) is 23.6 Å². The summed E-state index contributed by atoms with van der Waals surface area (Å²) in [5.41, 5.74) is -2.86. The van der Waals surface area contributed by atoms with Crippen LogP contribution in [-0.4, -0.2) is 36.7 Å². The molecular formula is C23H26F6N2O4. The van der Waals surface area contributed by atoms with Gasteiger partial charge in [-0.2, -0.15) is 26.3 Å². The maximum Gasteiger partial charge on any atom is 0.417 e. The summed E-state index contributed by atoms with van der Waals surface area (Å²) in [5.74, 6) is -1.17. The average Bonchev–Trinajstić information content (AvgIpc) is 2.76. The van der Waals surface area contributed by atoms with Gasteiger partial charge < -0.3 is 14.6 Å². The summed E-state index contributed by atoms with van der Waals surface area (Å²) >= 11 is 0. The van der Waals surface area contributed by atoms with E-state index in [4.69, 9.17) is 0 Å². The van der Waals surface area contributed by atoms with Crippen LogP contribution in [0, 0.1) is 0 Å². The number of hydrogen-bond acceptors (Lipinski definition) is 4. The molecule has 1 aromatic carbocycles. The fraction of sp³-hybridized carbons (Fsp3) is 0.522. The number of carbonyl (C=O) groups excluding carboxylic acids is 2. The van der Waals surface area contributed by atoms with E-state index in [1.165, 1.54) is 7.11 Å². The van der Waals surface area contributed by atoms with Crippen LogP contribution >= 0.6 is 0 Å². The van der Waals surface area contributed by atoms with Crippen molar-refractivity contribution in [2.24, 2.45) is 0 Å². The first kappa shape index (κ1) is 28.2. The lowest BCUT2D eigenvalue weighted by Crippen LogP contribution is -2.39. The van der Waals surface area contributed by atoms with Crippen LogP contribution in [0.5, 0.6) is 0 Å². The number of aromatic amines is 1. The quantitative estimate of drug-likeness (QED) is 0.239. The molecule has 12 heteroatoms. The highest BCUT2D eigenvalue weighted by Gasteiger charge is 2.36. The van der Waals surface area contributed by atoms with Crippen molar-refractivity contribution < 1.29 is 40.7 Å². The van der Waals surface area contributed by atoms with Crippen molar-refractivity contribution in [3.8, 4) is 0 Å². The standard InChI is InChI=1S/C23H26F6N2O4/c1-35-21(34)9-7-5-3-2-4-6-8-20(33)31(14-22(24,25)26)15-10-11-18-16(12-15)17(23(27,28)29)13-19(32)30-18/h10-13H,2-9,14H2,1H3,(H,30,32). The SMILES string of the molecule is COC(=O)CCCCCCCCC(=O)N(CC(F)(F)F)c1ccc2[nH]c(=O)cc(C(F)(F)F)c2c1. The number of anilines is 1. The number of amides is 1. The molecule has 1 aromatic heterocycles. The number of methoxy groups -OCH3 is 1. The molecule has 6 nitrogen and oxygen atoms in total. The Hall–Kier alpha value is -3.05. The molecule has 0 aliphatic rings. The minimum absolute atomic E-state index is 0.208. The predicted molar refractivity (Wildman–Crippen MR) is 117 cm³/mol.